The van der Waals surface area contributed by atoms with E-state index in [1.54, 1.807) is 18.2 Å². The van der Waals surface area contributed by atoms with Crippen LogP contribution >= 0.6 is 27.3 Å². The van der Waals surface area contributed by atoms with Gasteiger partial charge < -0.3 is 15.4 Å². The molecule has 3 aliphatic rings. The van der Waals surface area contributed by atoms with E-state index in [9.17, 15) is 13.2 Å². The Morgan fingerprint density at radius 3 is 2.37 bits per heavy atom. The summed E-state index contributed by atoms with van der Waals surface area (Å²) in [6, 6.07) is 9.08. The van der Waals surface area contributed by atoms with Gasteiger partial charge in [-0.05, 0) is 93.2 Å². The molecule has 2 aliphatic heterocycles. The molecule has 0 radical (unpaired) electrons. The Bertz CT molecular complexity index is 1530. The highest BCUT2D eigenvalue weighted by Crippen LogP contribution is 2.41. The molecule has 220 valence electrons. The van der Waals surface area contributed by atoms with Crippen molar-refractivity contribution in [2.24, 2.45) is 5.73 Å². The first-order valence-corrected chi connectivity index (χ1v) is 17.0. The SMILES string of the molecule is NC1CC2CCC(C1)N2C(=O)[C@H](NS(=O)(=O)c1cc2ccc(OC3CCCC3)cc2s1)C(F)(F)c1ccc(Br)cc1. The second-order valence-corrected chi connectivity index (χ2v) is 15.3. The van der Waals surface area contributed by atoms with Gasteiger partial charge in [-0.15, -0.1) is 11.3 Å². The second kappa shape index (κ2) is 11.2. The Kier molecular flexibility index (Phi) is 7.90. The van der Waals surface area contributed by atoms with Crippen LogP contribution in [0.15, 0.2) is 57.2 Å². The number of carbonyl (C=O) groups is 1. The van der Waals surface area contributed by atoms with E-state index in [2.05, 4.69) is 20.7 Å². The third kappa shape index (κ3) is 5.78. The number of piperidine rings is 1. The first kappa shape index (κ1) is 29.0. The minimum Gasteiger partial charge on any atom is -0.490 e. The van der Waals surface area contributed by atoms with Gasteiger partial charge in [0.05, 0.1) is 6.10 Å². The number of halogens is 3. The maximum absolute atomic E-state index is 16.2. The third-order valence-corrected chi connectivity index (χ3v) is 12.0. The smallest absolute Gasteiger partial charge is 0.298 e. The van der Waals surface area contributed by atoms with Crippen LogP contribution in [-0.2, 0) is 20.7 Å². The van der Waals surface area contributed by atoms with Crippen LogP contribution in [0, 0.1) is 0 Å². The summed E-state index contributed by atoms with van der Waals surface area (Å²) >= 11 is 4.21. The van der Waals surface area contributed by atoms with Gasteiger partial charge in [-0.25, -0.2) is 8.42 Å². The zero-order valence-corrected chi connectivity index (χ0v) is 25.5. The fourth-order valence-corrected chi connectivity index (χ4v) is 9.35. The molecular weight excluding hydrogens is 636 g/mol. The molecule has 1 aromatic heterocycles. The second-order valence-electron chi connectivity index (χ2n) is 11.3. The molecule has 7 nitrogen and oxygen atoms in total. The van der Waals surface area contributed by atoms with Crippen LogP contribution in [0.4, 0.5) is 8.78 Å². The van der Waals surface area contributed by atoms with Crippen molar-refractivity contribution in [2.45, 2.75) is 91.8 Å². The number of nitrogens with one attached hydrogen (secondary N) is 1. The van der Waals surface area contributed by atoms with E-state index >= 15 is 8.78 Å². The average Bonchev–Trinajstić information content (AvgIpc) is 3.66. The molecule has 3 fully saturated rings. The number of thiophene rings is 1. The lowest BCUT2D eigenvalue weighted by molar-refractivity contribution is -0.149. The number of hydrogen-bond acceptors (Lipinski definition) is 6. The molecule has 3 aromatic rings. The summed E-state index contributed by atoms with van der Waals surface area (Å²) < 4.78 is 69.0. The molecule has 3 heterocycles. The van der Waals surface area contributed by atoms with E-state index in [1.807, 2.05) is 0 Å². The lowest BCUT2D eigenvalue weighted by atomic mass is 9.95. The molecule has 6 rings (SSSR count). The van der Waals surface area contributed by atoms with Gasteiger partial charge in [0.25, 0.3) is 15.9 Å². The highest BCUT2D eigenvalue weighted by molar-refractivity contribution is 9.10. The lowest BCUT2D eigenvalue weighted by Crippen LogP contribution is -2.60. The number of ether oxygens (including phenoxy) is 1. The minimum absolute atomic E-state index is 0.111. The van der Waals surface area contributed by atoms with Crippen molar-refractivity contribution >= 4 is 53.3 Å². The van der Waals surface area contributed by atoms with Crippen molar-refractivity contribution < 1.29 is 26.7 Å². The largest absolute Gasteiger partial charge is 0.490 e. The van der Waals surface area contributed by atoms with Gasteiger partial charge in [0.1, 0.15) is 9.96 Å². The molecule has 1 aliphatic carbocycles. The van der Waals surface area contributed by atoms with Gasteiger partial charge in [0.15, 0.2) is 6.04 Å². The number of sulfonamides is 1. The van der Waals surface area contributed by atoms with Gasteiger partial charge in [0.2, 0.25) is 5.91 Å². The molecule has 2 aromatic carbocycles. The fourth-order valence-electron chi connectivity index (χ4n) is 6.45. The summed E-state index contributed by atoms with van der Waals surface area (Å²) in [5, 5.41) is 0.653. The number of benzene rings is 2. The van der Waals surface area contributed by atoms with Crippen LogP contribution in [-0.4, -0.2) is 49.5 Å². The van der Waals surface area contributed by atoms with E-state index in [0.29, 0.717) is 46.0 Å². The van der Waals surface area contributed by atoms with Crippen molar-refractivity contribution in [3.8, 4) is 5.75 Å². The van der Waals surface area contributed by atoms with Crippen LogP contribution in [0.5, 0.6) is 5.75 Å². The number of fused-ring (bicyclic) bond motifs is 3. The number of amides is 1. The van der Waals surface area contributed by atoms with E-state index in [4.69, 9.17) is 10.5 Å². The predicted molar refractivity (Wildman–Crippen MR) is 158 cm³/mol. The number of nitrogens with two attached hydrogens (primary N) is 1. The lowest BCUT2D eigenvalue weighted by Gasteiger charge is -2.40. The van der Waals surface area contributed by atoms with E-state index < -0.39 is 33.5 Å². The molecule has 3 N–H and O–H groups in total. The van der Waals surface area contributed by atoms with Crippen molar-refractivity contribution in [1.82, 2.24) is 9.62 Å². The quantitative estimate of drug-likeness (QED) is 0.311. The Labute approximate surface area is 250 Å². The average molecular weight is 669 g/mol. The zero-order chi connectivity index (χ0) is 28.9. The van der Waals surface area contributed by atoms with Crippen LogP contribution in [0.25, 0.3) is 10.1 Å². The van der Waals surface area contributed by atoms with Gasteiger partial charge in [0, 0.05) is 32.9 Å². The van der Waals surface area contributed by atoms with Crippen molar-refractivity contribution in [1.29, 1.82) is 0 Å². The summed E-state index contributed by atoms with van der Waals surface area (Å²) in [7, 11) is -4.50. The highest BCUT2D eigenvalue weighted by atomic mass is 79.9. The monoisotopic (exact) mass is 667 g/mol. The van der Waals surface area contributed by atoms with E-state index in [1.165, 1.54) is 35.2 Å². The third-order valence-electron chi connectivity index (χ3n) is 8.47. The van der Waals surface area contributed by atoms with Crippen molar-refractivity contribution in [3.05, 3.63) is 58.6 Å². The zero-order valence-electron chi connectivity index (χ0n) is 22.3. The first-order chi connectivity index (χ1) is 19.5. The minimum atomic E-state index is -4.50. The first-order valence-electron chi connectivity index (χ1n) is 14.0. The molecule has 1 amide bonds. The standard InChI is InChI=1S/C29H32BrF2N3O4S2/c30-19-8-6-18(7-9-19)29(31,32)27(28(36)35-21-10-11-22(35)15-20(33)14-21)34-41(37,38)26-13-17-5-12-24(16-25(17)40-26)39-23-3-1-2-4-23/h5-9,12-13,16,20-23,27,34H,1-4,10-11,14-15,33H2/t20?,21?,22?,27-/m0/s1. The molecule has 12 heteroatoms. The van der Waals surface area contributed by atoms with E-state index in [-0.39, 0.29) is 28.4 Å². The summed E-state index contributed by atoms with van der Waals surface area (Å²) in [4.78, 5) is 15.4. The highest BCUT2D eigenvalue weighted by Gasteiger charge is 2.53. The van der Waals surface area contributed by atoms with Gasteiger partial charge in [-0.2, -0.15) is 13.5 Å². The van der Waals surface area contributed by atoms with Gasteiger partial charge in [-0.3, -0.25) is 4.79 Å². The molecule has 2 bridgehead atoms. The molecule has 0 spiro atoms. The maximum atomic E-state index is 16.2. The molecule has 2 saturated heterocycles. The summed E-state index contributed by atoms with van der Waals surface area (Å²) in [6.45, 7) is 0. The number of alkyl halides is 2. The number of carbonyl (C=O) groups excluding carboxylic acids is 1. The van der Waals surface area contributed by atoms with Crippen molar-refractivity contribution in [2.75, 3.05) is 0 Å². The van der Waals surface area contributed by atoms with Crippen LogP contribution in [0.1, 0.15) is 56.9 Å². The fraction of sp³-hybridized carbons (Fsp3) is 0.483. The summed E-state index contributed by atoms with van der Waals surface area (Å²) in [5.74, 6) is -4.09. The summed E-state index contributed by atoms with van der Waals surface area (Å²) in [5.41, 5.74) is 5.70. The molecular formula is C29H32BrF2N3O4S2. The van der Waals surface area contributed by atoms with Gasteiger partial charge >= 0.3 is 0 Å². The van der Waals surface area contributed by atoms with Crippen LogP contribution < -0.4 is 15.2 Å². The van der Waals surface area contributed by atoms with E-state index in [0.717, 1.165) is 37.0 Å². The maximum Gasteiger partial charge on any atom is 0.298 e. The predicted octanol–water partition coefficient (Wildman–Crippen LogP) is 5.90. The normalized spacial score (nSPS) is 24.2. The van der Waals surface area contributed by atoms with Gasteiger partial charge in [-0.1, -0.05) is 28.1 Å². The number of nitrogens with zero attached hydrogens (tertiary/aromatic N) is 1. The molecule has 2 unspecified atom stereocenters. The molecule has 1 saturated carbocycles. The Hall–Kier alpha value is -2.12. The topological polar surface area (TPSA) is 102 Å². The molecule has 3 atom stereocenters. The Balaban J connectivity index is 1.32. The molecule has 41 heavy (non-hydrogen) atoms. The summed E-state index contributed by atoms with van der Waals surface area (Å²) in [6.07, 6.45) is 6.69. The Morgan fingerprint density at radius 2 is 1.71 bits per heavy atom. The number of rotatable bonds is 8. The van der Waals surface area contributed by atoms with Crippen LogP contribution in [0.3, 0.4) is 0 Å². The number of hydrogen-bond donors (Lipinski definition) is 2. The van der Waals surface area contributed by atoms with Crippen molar-refractivity contribution in [3.63, 3.8) is 0 Å². The van der Waals surface area contributed by atoms with Crippen LogP contribution in [0.2, 0.25) is 0 Å². The Morgan fingerprint density at radius 1 is 1.05 bits per heavy atom.